The van der Waals surface area contributed by atoms with Gasteiger partial charge in [-0.3, -0.25) is 4.79 Å². The van der Waals surface area contributed by atoms with Crippen LogP contribution in [0.3, 0.4) is 0 Å². The molecule has 4 rings (SSSR count). The van der Waals surface area contributed by atoms with Gasteiger partial charge in [0.2, 0.25) is 0 Å². The Kier molecular flexibility index (Phi) is 7.27. The average molecular weight is 510 g/mol. The minimum Gasteiger partial charge on any atom is -0.496 e. The Balaban J connectivity index is 1.61. The van der Waals surface area contributed by atoms with Crippen molar-refractivity contribution in [3.63, 3.8) is 0 Å². The van der Waals surface area contributed by atoms with Gasteiger partial charge in [-0.25, -0.2) is 9.37 Å². The molecule has 3 aromatic rings. The van der Waals surface area contributed by atoms with Crippen molar-refractivity contribution in [2.75, 3.05) is 38.3 Å². The van der Waals surface area contributed by atoms with Gasteiger partial charge in [-0.05, 0) is 42.8 Å². The SMILES string of the molecule is COc1ccc(F)cc1-c1nc(C(F)(F)F)c(C(=O)NC(C)c2cccc(N3CCOCC3)c2)s1. The first-order valence-corrected chi connectivity index (χ1v) is 11.6. The van der Waals surface area contributed by atoms with E-state index in [1.165, 1.54) is 13.2 Å². The molecular weight excluding hydrogens is 486 g/mol. The van der Waals surface area contributed by atoms with Crippen LogP contribution in [0.2, 0.25) is 0 Å². The van der Waals surface area contributed by atoms with E-state index in [9.17, 15) is 22.4 Å². The Morgan fingerprint density at radius 1 is 1.20 bits per heavy atom. The molecule has 1 fully saturated rings. The van der Waals surface area contributed by atoms with Gasteiger partial charge in [0.15, 0.2) is 5.69 Å². The highest BCUT2D eigenvalue weighted by Crippen LogP contribution is 2.40. The van der Waals surface area contributed by atoms with Gasteiger partial charge in [0.05, 0.1) is 31.9 Å². The number of aromatic nitrogens is 1. The van der Waals surface area contributed by atoms with Crippen molar-refractivity contribution >= 4 is 22.9 Å². The summed E-state index contributed by atoms with van der Waals surface area (Å²) in [5.74, 6) is -1.43. The maximum absolute atomic E-state index is 13.8. The van der Waals surface area contributed by atoms with Crippen molar-refractivity contribution in [1.82, 2.24) is 10.3 Å². The first-order valence-electron chi connectivity index (χ1n) is 10.8. The number of amides is 1. The summed E-state index contributed by atoms with van der Waals surface area (Å²) in [6.07, 6.45) is -4.87. The Morgan fingerprint density at radius 3 is 2.63 bits per heavy atom. The molecule has 0 aliphatic carbocycles. The quantitative estimate of drug-likeness (QED) is 0.457. The Hall–Kier alpha value is -3.18. The maximum atomic E-state index is 13.8. The molecule has 1 amide bonds. The van der Waals surface area contributed by atoms with Crippen LogP contribution in [-0.4, -0.2) is 44.3 Å². The highest BCUT2D eigenvalue weighted by Gasteiger charge is 2.40. The normalized spacial score (nSPS) is 15.1. The third kappa shape index (κ3) is 5.57. The molecular formula is C24H23F4N3O3S. The molecule has 1 aliphatic heterocycles. The van der Waals surface area contributed by atoms with Crippen LogP contribution in [0.15, 0.2) is 42.5 Å². The van der Waals surface area contributed by atoms with Gasteiger partial charge in [0, 0.05) is 18.8 Å². The van der Waals surface area contributed by atoms with Gasteiger partial charge in [-0.2, -0.15) is 13.2 Å². The molecule has 0 radical (unpaired) electrons. The largest absolute Gasteiger partial charge is 0.496 e. The number of alkyl halides is 3. The van der Waals surface area contributed by atoms with Gasteiger partial charge in [-0.15, -0.1) is 11.3 Å². The smallest absolute Gasteiger partial charge is 0.435 e. The number of carbonyl (C=O) groups excluding carboxylic acids is 1. The molecule has 1 unspecified atom stereocenters. The van der Waals surface area contributed by atoms with E-state index < -0.39 is 34.5 Å². The molecule has 186 valence electrons. The minimum atomic E-state index is -4.87. The topological polar surface area (TPSA) is 63.7 Å². The van der Waals surface area contributed by atoms with Crippen LogP contribution in [0.25, 0.3) is 10.6 Å². The number of carbonyl (C=O) groups is 1. The van der Waals surface area contributed by atoms with Gasteiger partial charge in [0.1, 0.15) is 21.5 Å². The van der Waals surface area contributed by atoms with Crippen molar-refractivity contribution in [3.05, 3.63) is 64.4 Å². The lowest BCUT2D eigenvalue weighted by Gasteiger charge is -2.29. The fourth-order valence-electron chi connectivity index (χ4n) is 3.79. The number of halogens is 4. The van der Waals surface area contributed by atoms with E-state index >= 15 is 0 Å². The summed E-state index contributed by atoms with van der Waals surface area (Å²) < 4.78 is 65.6. The molecule has 11 heteroatoms. The zero-order valence-corrected chi connectivity index (χ0v) is 19.8. The van der Waals surface area contributed by atoms with Crippen LogP contribution >= 0.6 is 11.3 Å². The van der Waals surface area contributed by atoms with E-state index in [1.807, 2.05) is 18.2 Å². The first-order chi connectivity index (χ1) is 16.7. The minimum absolute atomic E-state index is 0.0355. The summed E-state index contributed by atoms with van der Waals surface area (Å²) in [6, 6.07) is 10.4. The fraction of sp³-hybridized carbons (Fsp3) is 0.333. The van der Waals surface area contributed by atoms with Crippen molar-refractivity contribution in [1.29, 1.82) is 0 Å². The summed E-state index contributed by atoms with van der Waals surface area (Å²) in [5.41, 5.74) is 0.400. The lowest BCUT2D eigenvalue weighted by molar-refractivity contribution is -0.141. The number of nitrogens with one attached hydrogen (secondary N) is 1. The summed E-state index contributed by atoms with van der Waals surface area (Å²) in [4.78, 5) is 18.2. The van der Waals surface area contributed by atoms with Crippen molar-refractivity contribution in [3.8, 4) is 16.3 Å². The summed E-state index contributed by atoms with van der Waals surface area (Å²) in [7, 11) is 1.31. The van der Waals surface area contributed by atoms with Crippen LogP contribution in [0.4, 0.5) is 23.2 Å². The number of nitrogens with zero attached hydrogens (tertiary/aromatic N) is 2. The van der Waals surface area contributed by atoms with Gasteiger partial charge in [-0.1, -0.05) is 12.1 Å². The summed E-state index contributed by atoms with van der Waals surface area (Å²) >= 11 is 0.537. The molecule has 1 aromatic heterocycles. The maximum Gasteiger partial charge on any atom is 0.435 e. The number of ether oxygens (including phenoxy) is 2. The third-order valence-electron chi connectivity index (χ3n) is 5.59. The zero-order chi connectivity index (χ0) is 25.2. The molecule has 35 heavy (non-hydrogen) atoms. The number of anilines is 1. The first kappa shape index (κ1) is 24.9. The molecule has 1 N–H and O–H groups in total. The molecule has 1 aliphatic rings. The number of morpholine rings is 1. The Morgan fingerprint density at radius 2 is 1.94 bits per heavy atom. The van der Waals surface area contributed by atoms with Crippen molar-refractivity contribution < 1.29 is 31.8 Å². The van der Waals surface area contributed by atoms with Crippen LogP contribution in [0.5, 0.6) is 5.75 Å². The van der Waals surface area contributed by atoms with Crippen LogP contribution < -0.4 is 15.0 Å². The van der Waals surface area contributed by atoms with Crippen LogP contribution in [-0.2, 0) is 10.9 Å². The third-order valence-corrected chi connectivity index (χ3v) is 6.68. The molecule has 2 heterocycles. The number of hydrogen-bond donors (Lipinski definition) is 1. The van der Waals surface area contributed by atoms with E-state index in [-0.39, 0.29) is 16.3 Å². The molecule has 6 nitrogen and oxygen atoms in total. The van der Waals surface area contributed by atoms with E-state index in [1.54, 1.807) is 13.0 Å². The molecule has 0 bridgehead atoms. The zero-order valence-electron chi connectivity index (χ0n) is 19.0. The second-order valence-corrected chi connectivity index (χ2v) is 8.93. The average Bonchev–Trinajstić information content (AvgIpc) is 3.31. The predicted octanol–water partition coefficient (Wildman–Crippen LogP) is 5.30. The Labute approximate surface area is 203 Å². The number of methoxy groups -OCH3 is 1. The molecule has 0 saturated carbocycles. The molecule has 0 spiro atoms. The van der Waals surface area contributed by atoms with Crippen molar-refractivity contribution in [2.45, 2.75) is 19.1 Å². The van der Waals surface area contributed by atoms with E-state index in [2.05, 4.69) is 15.2 Å². The van der Waals surface area contributed by atoms with E-state index in [0.717, 1.165) is 36.5 Å². The van der Waals surface area contributed by atoms with Gasteiger partial charge >= 0.3 is 6.18 Å². The van der Waals surface area contributed by atoms with Crippen LogP contribution in [0, 0.1) is 5.82 Å². The van der Waals surface area contributed by atoms with Crippen LogP contribution in [0.1, 0.15) is 33.9 Å². The standard InChI is InChI=1S/C24H23F4N3O3S/c1-14(15-4-3-5-17(12-15)31-8-10-34-11-9-31)29-22(32)20-21(24(26,27)28)30-23(35-20)18-13-16(25)6-7-19(18)33-2/h3-7,12-14H,8-11H2,1-2H3,(H,29,32). The second-order valence-electron chi connectivity index (χ2n) is 7.93. The fourth-order valence-corrected chi connectivity index (χ4v) is 4.80. The predicted molar refractivity (Wildman–Crippen MR) is 124 cm³/mol. The monoisotopic (exact) mass is 509 g/mol. The number of benzene rings is 2. The van der Waals surface area contributed by atoms with E-state index in [0.29, 0.717) is 24.6 Å². The molecule has 1 atom stereocenters. The highest BCUT2D eigenvalue weighted by atomic mass is 32.1. The lowest BCUT2D eigenvalue weighted by Crippen LogP contribution is -2.36. The van der Waals surface area contributed by atoms with Crippen molar-refractivity contribution in [2.24, 2.45) is 0 Å². The van der Waals surface area contributed by atoms with Gasteiger partial charge in [0.25, 0.3) is 5.91 Å². The Bertz CT molecular complexity index is 1210. The summed E-state index contributed by atoms with van der Waals surface area (Å²) in [5, 5.41) is 2.48. The number of thiazole rings is 1. The number of rotatable bonds is 6. The van der Waals surface area contributed by atoms with E-state index in [4.69, 9.17) is 9.47 Å². The lowest BCUT2D eigenvalue weighted by atomic mass is 10.1. The summed E-state index contributed by atoms with van der Waals surface area (Å²) in [6.45, 7) is 4.38. The molecule has 2 aromatic carbocycles. The molecule has 1 saturated heterocycles. The second kappa shape index (κ2) is 10.2. The number of hydrogen-bond acceptors (Lipinski definition) is 6. The van der Waals surface area contributed by atoms with Gasteiger partial charge < -0.3 is 19.7 Å². The highest BCUT2D eigenvalue weighted by molar-refractivity contribution is 7.17.